The molecule has 3 rings (SSSR count). The molecule has 23 heavy (non-hydrogen) atoms. The van der Waals surface area contributed by atoms with E-state index in [1.54, 1.807) is 6.08 Å². The summed E-state index contributed by atoms with van der Waals surface area (Å²) < 4.78 is 0. The number of benzene rings is 1. The molecule has 3 N–H and O–H groups in total. The Balaban J connectivity index is 2.00. The van der Waals surface area contributed by atoms with Gasteiger partial charge >= 0.3 is 0 Å². The molecule has 112 valence electrons. The second-order valence-corrected chi connectivity index (χ2v) is 5.10. The maximum atomic E-state index is 11.1. The number of nitrogens with one attached hydrogen (secondary N) is 1. The average molecular weight is 302 g/mol. The van der Waals surface area contributed by atoms with Crippen molar-refractivity contribution in [1.82, 2.24) is 9.97 Å². The summed E-state index contributed by atoms with van der Waals surface area (Å²) in [6, 6.07) is 13.8. The fourth-order valence-corrected chi connectivity index (χ4v) is 2.43. The van der Waals surface area contributed by atoms with Crippen molar-refractivity contribution in [3.8, 4) is 17.2 Å². The number of nitrogens with zero attached hydrogens (tertiary/aromatic N) is 2. The topological polar surface area (TPSA) is 95.6 Å². The minimum absolute atomic E-state index is 0.0356. The van der Waals surface area contributed by atoms with E-state index in [1.165, 1.54) is 0 Å². The lowest BCUT2D eigenvalue weighted by molar-refractivity contribution is -0.114. The van der Waals surface area contributed by atoms with Crippen LogP contribution in [0, 0.1) is 11.3 Å². The van der Waals surface area contributed by atoms with Crippen LogP contribution in [0.25, 0.3) is 22.2 Å². The van der Waals surface area contributed by atoms with Crippen molar-refractivity contribution in [3.05, 3.63) is 66.0 Å². The van der Waals surface area contributed by atoms with Gasteiger partial charge in [-0.15, -0.1) is 0 Å². The maximum absolute atomic E-state index is 11.1. The Morgan fingerprint density at radius 2 is 2.09 bits per heavy atom. The molecular weight excluding hydrogens is 288 g/mol. The molecule has 0 spiro atoms. The van der Waals surface area contributed by atoms with Crippen LogP contribution >= 0.6 is 0 Å². The predicted octanol–water partition coefficient (Wildman–Crippen LogP) is 2.71. The smallest absolute Gasteiger partial charge is 0.259 e. The normalized spacial score (nSPS) is 11.3. The fraction of sp³-hybridized carbons (Fsp3) is 0.0556. The first-order valence-corrected chi connectivity index (χ1v) is 7.10. The van der Waals surface area contributed by atoms with Gasteiger partial charge in [0.1, 0.15) is 17.3 Å². The third-order valence-corrected chi connectivity index (χ3v) is 3.64. The highest BCUT2D eigenvalue weighted by molar-refractivity contribution is 5.96. The summed E-state index contributed by atoms with van der Waals surface area (Å²) in [5.41, 5.74) is 8.94. The van der Waals surface area contributed by atoms with Gasteiger partial charge in [-0.05, 0) is 23.6 Å². The first-order valence-electron chi connectivity index (χ1n) is 7.10. The quantitative estimate of drug-likeness (QED) is 0.573. The van der Waals surface area contributed by atoms with Crippen LogP contribution < -0.4 is 5.73 Å². The van der Waals surface area contributed by atoms with Crippen LogP contribution in [0.5, 0.6) is 0 Å². The van der Waals surface area contributed by atoms with Gasteiger partial charge in [-0.25, -0.2) is 4.98 Å². The number of rotatable bonds is 4. The van der Waals surface area contributed by atoms with Crippen LogP contribution in [0.3, 0.4) is 0 Å². The summed E-state index contributed by atoms with van der Waals surface area (Å²) in [4.78, 5) is 18.6. The molecule has 3 aromatic rings. The highest BCUT2D eigenvalue weighted by atomic mass is 16.1. The molecule has 0 saturated carbocycles. The third-order valence-electron chi connectivity index (χ3n) is 3.64. The van der Waals surface area contributed by atoms with E-state index in [0.717, 1.165) is 27.7 Å². The van der Waals surface area contributed by atoms with Crippen molar-refractivity contribution in [1.29, 1.82) is 5.26 Å². The molecule has 2 aromatic heterocycles. The molecule has 1 aromatic carbocycles. The van der Waals surface area contributed by atoms with Gasteiger partial charge in [0.05, 0.1) is 0 Å². The summed E-state index contributed by atoms with van der Waals surface area (Å²) in [6.45, 7) is 0. The van der Waals surface area contributed by atoms with Crippen molar-refractivity contribution in [2.24, 2.45) is 5.73 Å². The van der Waals surface area contributed by atoms with Crippen molar-refractivity contribution in [2.75, 3.05) is 0 Å². The largest absolute Gasteiger partial charge is 0.365 e. The number of aromatic nitrogens is 2. The first-order chi connectivity index (χ1) is 11.2. The van der Waals surface area contributed by atoms with Gasteiger partial charge < -0.3 is 10.7 Å². The van der Waals surface area contributed by atoms with Crippen LogP contribution in [0.4, 0.5) is 0 Å². The number of carbonyl (C=O) groups is 1. The minimum atomic E-state index is -0.713. The number of pyridine rings is 1. The number of nitrogens with two attached hydrogens (primary N) is 1. The SMILES string of the molecule is N#CC(=CCc1c[nH]c2ncc(-c3ccccc3)cc12)C(N)=O. The van der Waals surface area contributed by atoms with Crippen molar-refractivity contribution in [2.45, 2.75) is 6.42 Å². The summed E-state index contributed by atoms with van der Waals surface area (Å²) in [5.74, 6) is -0.713. The average Bonchev–Trinajstić information content (AvgIpc) is 2.98. The van der Waals surface area contributed by atoms with Gasteiger partial charge in [0.15, 0.2) is 0 Å². The molecule has 0 fully saturated rings. The zero-order valence-electron chi connectivity index (χ0n) is 12.3. The number of allylic oxidation sites excluding steroid dienone is 1. The molecule has 2 heterocycles. The van der Waals surface area contributed by atoms with Gasteiger partial charge in [0.25, 0.3) is 5.91 Å². The molecule has 0 aliphatic carbocycles. The lowest BCUT2D eigenvalue weighted by Crippen LogP contribution is -2.12. The number of nitriles is 1. The number of primary amides is 1. The highest BCUT2D eigenvalue weighted by Crippen LogP contribution is 2.25. The van der Waals surface area contributed by atoms with Gasteiger partial charge in [-0.1, -0.05) is 36.4 Å². The summed E-state index contributed by atoms with van der Waals surface area (Å²) in [7, 11) is 0. The van der Waals surface area contributed by atoms with Crippen molar-refractivity contribution in [3.63, 3.8) is 0 Å². The molecule has 0 aliphatic rings. The monoisotopic (exact) mass is 302 g/mol. The van der Waals surface area contributed by atoms with Crippen molar-refractivity contribution >= 4 is 16.9 Å². The lowest BCUT2D eigenvalue weighted by atomic mass is 10.0. The van der Waals surface area contributed by atoms with E-state index in [0.29, 0.717) is 6.42 Å². The first kappa shape index (κ1) is 14.5. The van der Waals surface area contributed by atoms with Gasteiger partial charge in [-0.2, -0.15) is 5.26 Å². The van der Waals surface area contributed by atoms with E-state index in [4.69, 9.17) is 11.0 Å². The van der Waals surface area contributed by atoms with Crippen LogP contribution in [0.2, 0.25) is 0 Å². The third kappa shape index (κ3) is 2.97. The number of H-pyrrole nitrogens is 1. The number of amides is 1. The second kappa shape index (κ2) is 6.16. The van der Waals surface area contributed by atoms with Crippen LogP contribution in [-0.2, 0) is 11.2 Å². The van der Waals surface area contributed by atoms with Gasteiger partial charge in [0.2, 0.25) is 0 Å². The molecule has 0 radical (unpaired) electrons. The second-order valence-electron chi connectivity index (χ2n) is 5.10. The Morgan fingerprint density at radius 1 is 1.30 bits per heavy atom. The standard InChI is InChI=1S/C18H14N4O/c19-9-13(17(20)23)6-7-14-10-21-18-16(14)8-15(11-22-18)12-4-2-1-3-5-12/h1-6,8,10-11H,7H2,(H2,20,23)(H,21,22). The van der Waals surface area contributed by atoms with Crippen LogP contribution in [0.1, 0.15) is 5.56 Å². The number of carbonyl (C=O) groups excluding carboxylic acids is 1. The molecule has 5 heteroatoms. The summed E-state index contributed by atoms with van der Waals surface area (Å²) >= 11 is 0. The van der Waals surface area contributed by atoms with E-state index < -0.39 is 5.91 Å². The predicted molar refractivity (Wildman–Crippen MR) is 88.1 cm³/mol. The Hall–Kier alpha value is -3.39. The van der Waals surface area contributed by atoms with Gasteiger partial charge in [-0.3, -0.25) is 4.79 Å². The van der Waals surface area contributed by atoms with E-state index >= 15 is 0 Å². The van der Waals surface area contributed by atoms with Crippen LogP contribution in [0.15, 0.2) is 60.4 Å². The number of hydrogen-bond acceptors (Lipinski definition) is 3. The maximum Gasteiger partial charge on any atom is 0.259 e. The van der Waals surface area contributed by atoms with Gasteiger partial charge in [0, 0.05) is 23.3 Å². The number of aromatic amines is 1. The van der Waals surface area contributed by atoms with Crippen LogP contribution in [-0.4, -0.2) is 15.9 Å². The molecule has 1 amide bonds. The fourth-order valence-electron chi connectivity index (χ4n) is 2.43. The molecule has 0 atom stereocenters. The minimum Gasteiger partial charge on any atom is -0.365 e. The Kier molecular flexibility index (Phi) is 3.89. The Morgan fingerprint density at radius 3 is 2.78 bits per heavy atom. The number of hydrogen-bond donors (Lipinski definition) is 2. The molecule has 0 aliphatic heterocycles. The molecule has 5 nitrogen and oxygen atoms in total. The van der Waals surface area contributed by atoms with E-state index in [-0.39, 0.29) is 5.57 Å². The summed E-state index contributed by atoms with van der Waals surface area (Å²) in [6.07, 6.45) is 5.63. The van der Waals surface area contributed by atoms with Crippen molar-refractivity contribution < 1.29 is 4.79 Å². The Bertz CT molecular complexity index is 933. The zero-order valence-corrected chi connectivity index (χ0v) is 12.3. The zero-order chi connectivity index (χ0) is 16.2. The van der Waals surface area contributed by atoms with E-state index in [1.807, 2.05) is 54.9 Å². The Labute approximate surface area is 133 Å². The lowest BCUT2D eigenvalue weighted by Gasteiger charge is -2.02. The molecule has 0 bridgehead atoms. The molecular formula is C18H14N4O. The highest BCUT2D eigenvalue weighted by Gasteiger charge is 2.08. The molecule has 0 unspecified atom stereocenters. The van der Waals surface area contributed by atoms with E-state index in [2.05, 4.69) is 9.97 Å². The summed E-state index contributed by atoms with van der Waals surface area (Å²) in [5, 5.41) is 9.85. The number of fused-ring (bicyclic) bond motifs is 1. The molecule has 0 saturated heterocycles. The van der Waals surface area contributed by atoms with E-state index in [9.17, 15) is 4.79 Å².